The van der Waals surface area contributed by atoms with E-state index in [1.807, 2.05) is 18.2 Å². The van der Waals surface area contributed by atoms with Crippen molar-refractivity contribution in [3.63, 3.8) is 0 Å². The molecule has 1 aliphatic rings. The van der Waals surface area contributed by atoms with Gasteiger partial charge in [-0.25, -0.2) is 4.79 Å². The standard InChI is InChI=1S/C15H19NO4/c1-12(17)11-19-13-7-9-16(10-8-13)15(18)20-14-5-3-2-4-6-14/h2-6,13H,7-11H2,1H3. The van der Waals surface area contributed by atoms with Gasteiger partial charge in [0, 0.05) is 13.1 Å². The quantitative estimate of drug-likeness (QED) is 0.847. The van der Waals surface area contributed by atoms with Crippen LogP contribution in [0.25, 0.3) is 0 Å². The summed E-state index contributed by atoms with van der Waals surface area (Å²) in [4.78, 5) is 24.5. The smallest absolute Gasteiger partial charge is 0.410 e. The predicted octanol–water partition coefficient (Wildman–Crippen LogP) is 2.26. The second-order valence-corrected chi connectivity index (χ2v) is 4.88. The molecule has 0 aliphatic carbocycles. The van der Waals surface area contributed by atoms with Crippen LogP contribution in [0.5, 0.6) is 5.75 Å². The molecular formula is C15H19NO4. The van der Waals surface area contributed by atoms with Gasteiger partial charge in [-0.05, 0) is 31.9 Å². The zero-order chi connectivity index (χ0) is 14.4. The van der Waals surface area contributed by atoms with Crippen LogP contribution in [0.3, 0.4) is 0 Å². The van der Waals surface area contributed by atoms with Crippen LogP contribution in [0, 0.1) is 0 Å². The lowest BCUT2D eigenvalue weighted by atomic mass is 10.1. The number of carbonyl (C=O) groups excluding carboxylic acids is 2. The van der Waals surface area contributed by atoms with E-state index in [0.717, 1.165) is 12.8 Å². The number of Topliss-reactive ketones (excluding diaryl/α,β-unsaturated/α-hetero) is 1. The minimum absolute atomic E-state index is 0.0240. The van der Waals surface area contributed by atoms with Crippen LogP contribution in [-0.2, 0) is 9.53 Å². The fourth-order valence-corrected chi connectivity index (χ4v) is 2.09. The lowest BCUT2D eigenvalue weighted by Crippen LogP contribution is -2.42. The summed E-state index contributed by atoms with van der Waals surface area (Å²) in [6.07, 6.45) is 1.19. The first-order chi connectivity index (χ1) is 9.65. The van der Waals surface area contributed by atoms with Gasteiger partial charge in [0.1, 0.15) is 12.4 Å². The number of carbonyl (C=O) groups is 2. The normalized spacial score (nSPS) is 15.9. The fraction of sp³-hybridized carbons (Fsp3) is 0.467. The van der Waals surface area contributed by atoms with Crippen molar-refractivity contribution in [1.29, 1.82) is 0 Å². The number of likely N-dealkylation sites (tertiary alicyclic amines) is 1. The number of hydrogen-bond acceptors (Lipinski definition) is 4. The minimum Gasteiger partial charge on any atom is -0.410 e. The summed E-state index contributed by atoms with van der Waals surface area (Å²) in [7, 11) is 0. The van der Waals surface area contributed by atoms with Crippen molar-refractivity contribution in [3.05, 3.63) is 30.3 Å². The third-order valence-corrected chi connectivity index (χ3v) is 3.17. The molecule has 0 aromatic heterocycles. The molecule has 1 aliphatic heterocycles. The van der Waals surface area contributed by atoms with E-state index in [-0.39, 0.29) is 24.6 Å². The number of hydrogen-bond donors (Lipinski definition) is 0. The monoisotopic (exact) mass is 277 g/mol. The molecule has 0 spiro atoms. The zero-order valence-electron chi connectivity index (χ0n) is 11.6. The molecule has 1 aromatic carbocycles. The summed E-state index contributed by atoms with van der Waals surface area (Å²) in [6.45, 7) is 2.84. The van der Waals surface area contributed by atoms with Crippen LogP contribution < -0.4 is 4.74 Å². The number of piperidine rings is 1. The van der Waals surface area contributed by atoms with E-state index in [1.165, 1.54) is 6.92 Å². The predicted molar refractivity (Wildman–Crippen MR) is 73.7 cm³/mol. The summed E-state index contributed by atoms with van der Waals surface area (Å²) in [5.41, 5.74) is 0. The van der Waals surface area contributed by atoms with Crippen molar-refractivity contribution < 1.29 is 19.1 Å². The Bertz CT molecular complexity index is 452. The molecule has 0 saturated carbocycles. The van der Waals surface area contributed by atoms with Gasteiger partial charge in [-0.3, -0.25) is 4.79 Å². The van der Waals surface area contributed by atoms with Crippen LogP contribution in [0.15, 0.2) is 30.3 Å². The Kier molecular flexibility index (Phi) is 5.12. The number of benzene rings is 1. The average Bonchev–Trinajstić information content (AvgIpc) is 2.46. The van der Waals surface area contributed by atoms with Crippen LogP contribution in [0.2, 0.25) is 0 Å². The molecule has 0 bridgehead atoms. The second-order valence-electron chi connectivity index (χ2n) is 4.88. The lowest BCUT2D eigenvalue weighted by molar-refractivity contribution is -0.124. The first-order valence-corrected chi connectivity index (χ1v) is 6.78. The molecule has 0 unspecified atom stereocenters. The molecule has 1 saturated heterocycles. The van der Waals surface area contributed by atoms with Crippen molar-refractivity contribution in [3.8, 4) is 5.75 Å². The van der Waals surface area contributed by atoms with Gasteiger partial charge >= 0.3 is 6.09 Å². The zero-order valence-corrected chi connectivity index (χ0v) is 11.6. The molecule has 1 heterocycles. The Balaban J connectivity index is 1.76. The van der Waals surface area contributed by atoms with E-state index in [1.54, 1.807) is 17.0 Å². The molecular weight excluding hydrogens is 258 g/mol. The molecule has 1 aromatic rings. The molecule has 2 rings (SSSR count). The number of ketones is 1. The van der Waals surface area contributed by atoms with E-state index in [2.05, 4.69) is 0 Å². The third-order valence-electron chi connectivity index (χ3n) is 3.17. The van der Waals surface area contributed by atoms with Crippen molar-refractivity contribution in [2.45, 2.75) is 25.9 Å². The van der Waals surface area contributed by atoms with E-state index in [0.29, 0.717) is 18.8 Å². The molecule has 1 amide bonds. The van der Waals surface area contributed by atoms with Crippen molar-refractivity contribution in [2.24, 2.45) is 0 Å². The fourth-order valence-electron chi connectivity index (χ4n) is 2.09. The first-order valence-electron chi connectivity index (χ1n) is 6.78. The maximum Gasteiger partial charge on any atom is 0.415 e. The number of ether oxygens (including phenoxy) is 2. The number of nitrogens with zero attached hydrogens (tertiary/aromatic N) is 1. The van der Waals surface area contributed by atoms with Crippen molar-refractivity contribution in [2.75, 3.05) is 19.7 Å². The molecule has 5 heteroatoms. The minimum atomic E-state index is -0.332. The van der Waals surface area contributed by atoms with Gasteiger partial charge in [0.05, 0.1) is 6.10 Å². The highest BCUT2D eigenvalue weighted by Crippen LogP contribution is 2.16. The summed E-state index contributed by atoms with van der Waals surface area (Å²) in [6, 6.07) is 9.02. The van der Waals surface area contributed by atoms with Gasteiger partial charge in [0.15, 0.2) is 5.78 Å². The summed E-state index contributed by atoms with van der Waals surface area (Å²) < 4.78 is 10.7. The van der Waals surface area contributed by atoms with Crippen molar-refractivity contribution in [1.82, 2.24) is 4.90 Å². The maximum absolute atomic E-state index is 11.9. The van der Waals surface area contributed by atoms with Crippen LogP contribution in [-0.4, -0.2) is 42.6 Å². The Hall–Kier alpha value is -1.88. The molecule has 5 nitrogen and oxygen atoms in total. The van der Waals surface area contributed by atoms with Gasteiger partial charge in [-0.15, -0.1) is 0 Å². The van der Waals surface area contributed by atoms with Crippen LogP contribution >= 0.6 is 0 Å². The number of amides is 1. The lowest BCUT2D eigenvalue weighted by Gasteiger charge is -2.30. The third kappa shape index (κ3) is 4.35. The Morgan fingerprint density at radius 2 is 1.85 bits per heavy atom. The molecule has 0 radical (unpaired) electrons. The van der Waals surface area contributed by atoms with E-state index < -0.39 is 0 Å². The summed E-state index contributed by atoms with van der Waals surface area (Å²) in [5.74, 6) is 0.573. The molecule has 20 heavy (non-hydrogen) atoms. The summed E-state index contributed by atoms with van der Waals surface area (Å²) in [5, 5.41) is 0. The van der Waals surface area contributed by atoms with Crippen LogP contribution in [0.4, 0.5) is 4.79 Å². The number of rotatable bonds is 4. The van der Waals surface area contributed by atoms with Crippen LogP contribution in [0.1, 0.15) is 19.8 Å². The second kappa shape index (κ2) is 7.05. The van der Waals surface area contributed by atoms with Gasteiger partial charge < -0.3 is 14.4 Å². The molecule has 1 fully saturated rings. The van der Waals surface area contributed by atoms with Crippen molar-refractivity contribution >= 4 is 11.9 Å². The summed E-state index contributed by atoms with van der Waals surface area (Å²) >= 11 is 0. The first kappa shape index (κ1) is 14.5. The topological polar surface area (TPSA) is 55.8 Å². The Morgan fingerprint density at radius 3 is 2.45 bits per heavy atom. The Morgan fingerprint density at radius 1 is 1.20 bits per heavy atom. The van der Waals surface area contributed by atoms with Gasteiger partial charge in [-0.1, -0.05) is 18.2 Å². The van der Waals surface area contributed by atoms with E-state index in [9.17, 15) is 9.59 Å². The van der Waals surface area contributed by atoms with E-state index in [4.69, 9.17) is 9.47 Å². The average molecular weight is 277 g/mol. The van der Waals surface area contributed by atoms with E-state index >= 15 is 0 Å². The molecule has 108 valence electrons. The van der Waals surface area contributed by atoms with Gasteiger partial charge in [0.25, 0.3) is 0 Å². The maximum atomic E-state index is 11.9. The highest BCUT2D eigenvalue weighted by molar-refractivity contribution is 5.76. The Labute approximate surface area is 118 Å². The van der Waals surface area contributed by atoms with Gasteiger partial charge in [0.2, 0.25) is 0 Å². The largest absolute Gasteiger partial charge is 0.415 e. The number of para-hydroxylation sites is 1. The van der Waals surface area contributed by atoms with Gasteiger partial charge in [-0.2, -0.15) is 0 Å². The SMILES string of the molecule is CC(=O)COC1CCN(C(=O)Oc2ccccc2)CC1. The molecule has 0 atom stereocenters. The highest BCUT2D eigenvalue weighted by atomic mass is 16.6. The highest BCUT2D eigenvalue weighted by Gasteiger charge is 2.24. The molecule has 0 N–H and O–H groups in total.